The maximum Gasteiger partial charge on any atom is 0.232 e. The van der Waals surface area contributed by atoms with E-state index in [9.17, 15) is 8.42 Å². The van der Waals surface area contributed by atoms with E-state index in [1.54, 1.807) is 0 Å². The minimum atomic E-state index is -3.25. The summed E-state index contributed by atoms with van der Waals surface area (Å²) in [5.74, 6) is 0. The molecule has 1 aliphatic heterocycles. The molecule has 18 heavy (non-hydrogen) atoms. The number of nitrogens with zero attached hydrogens (tertiary/aromatic N) is 1. The van der Waals surface area contributed by atoms with Crippen molar-refractivity contribution in [3.63, 3.8) is 0 Å². The monoisotopic (exact) mass is 268 g/mol. The fraction of sp³-hybridized carbons (Fsp3) is 0.538. The minimum absolute atomic E-state index is 0.261. The van der Waals surface area contributed by atoms with Crippen molar-refractivity contribution in [3.8, 4) is 0 Å². The predicted octanol–water partition coefficient (Wildman–Crippen LogP) is 2.22. The first-order chi connectivity index (χ1) is 8.24. The second kappa shape index (κ2) is 4.16. The Morgan fingerprint density at radius 3 is 2.61 bits per heavy atom. The van der Waals surface area contributed by atoms with E-state index in [-0.39, 0.29) is 5.54 Å². The number of anilines is 2. The Morgan fingerprint density at radius 2 is 2.06 bits per heavy atom. The largest absolute Gasteiger partial charge is 0.377 e. The van der Waals surface area contributed by atoms with Crippen LogP contribution in [0.25, 0.3) is 0 Å². The third-order valence-corrected chi connectivity index (χ3v) is 4.27. The first-order valence-corrected chi connectivity index (χ1v) is 7.97. The zero-order valence-electron chi connectivity index (χ0n) is 11.3. The maximum absolute atomic E-state index is 12.0. The van der Waals surface area contributed by atoms with Gasteiger partial charge in [-0.15, -0.1) is 0 Å². The first kappa shape index (κ1) is 13.2. The average molecular weight is 268 g/mol. The van der Waals surface area contributed by atoms with Crippen molar-refractivity contribution in [2.45, 2.75) is 32.7 Å². The third-order valence-electron chi connectivity index (χ3n) is 3.16. The molecule has 1 aromatic rings. The zero-order chi connectivity index (χ0) is 13.6. The molecule has 0 unspecified atom stereocenters. The second-order valence-electron chi connectivity index (χ2n) is 5.45. The lowest BCUT2D eigenvalue weighted by Gasteiger charge is -2.41. The zero-order valence-corrected chi connectivity index (χ0v) is 12.1. The molecule has 0 atom stereocenters. The standard InChI is InChI=1S/C13H20N2O2S/c1-5-10-7-6-8-11-12(10)15(18(4,16)17)9-13(2,3)14-11/h6-8,14H,5,9H2,1-4H3. The quantitative estimate of drug-likeness (QED) is 0.894. The van der Waals surface area contributed by atoms with Crippen LogP contribution in [0.4, 0.5) is 11.4 Å². The molecule has 0 aromatic heterocycles. The molecule has 1 N–H and O–H groups in total. The van der Waals surface area contributed by atoms with Crippen molar-refractivity contribution in [3.05, 3.63) is 23.8 Å². The highest BCUT2D eigenvalue weighted by molar-refractivity contribution is 7.92. The van der Waals surface area contributed by atoms with Gasteiger partial charge in [-0.3, -0.25) is 4.31 Å². The van der Waals surface area contributed by atoms with Crippen LogP contribution in [-0.2, 0) is 16.4 Å². The van der Waals surface area contributed by atoms with Gasteiger partial charge < -0.3 is 5.32 Å². The lowest BCUT2D eigenvalue weighted by atomic mass is 9.98. The highest BCUT2D eigenvalue weighted by Gasteiger charge is 2.35. The van der Waals surface area contributed by atoms with Crippen LogP contribution < -0.4 is 9.62 Å². The van der Waals surface area contributed by atoms with Crippen LogP contribution in [0, 0.1) is 0 Å². The van der Waals surface area contributed by atoms with Crippen LogP contribution in [-0.4, -0.2) is 26.8 Å². The van der Waals surface area contributed by atoms with Crippen molar-refractivity contribution in [2.75, 3.05) is 22.4 Å². The molecule has 2 rings (SSSR count). The van der Waals surface area contributed by atoms with Crippen molar-refractivity contribution in [2.24, 2.45) is 0 Å². The fourth-order valence-electron chi connectivity index (χ4n) is 2.40. The summed E-state index contributed by atoms with van der Waals surface area (Å²) in [6.07, 6.45) is 2.09. The molecule has 0 spiro atoms. The summed E-state index contributed by atoms with van der Waals surface area (Å²) in [7, 11) is -3.25. The molecule has 0 radical (unpaired) electrons. The summed E-state index contributed by atoms with van der Waals surface area (Å²) in [5.41, 5.74) is 2.50. The summed E-state index contributed by atoms with van der Waals surface area (Å²) in [6, 6.07) is 5.89. The molecule has 4 nitrogen and oxygen atoms in total. The summed E-state index contributed by atoms with van der Waals surface area (Å²) in [4.78, 5) is 0. The molecule has 1 heterocycles. The van der Waals surface area contributed by atoms with E-state index in [0.29, 0.717) is 6.54 Å². The molecule has 5 heteroatoms. The summed E-state index contributed by atoms with van der Waals surface area (Å²) < 4.78 is 25.5. The number of aryl methyl sites for hydroxylation is 1. The van der Waals surface area contributed by atoms with Gasteiger partial charge in [-0.2, -0.15) is 0 Å². The van der Waals surface area contributed by atoms with E-state index < -0.39 is 10.0 Å². The van der Waals surface area contributed by atoms with Gasteiger partial charge in [0.05, 0.1) is 29.7 Å². The van der Waals surface area contributed by atoms with E-state index in [2.05, 4.69) is 5.32 Å². The summed E-state index contributed by atoms with van der Waals surface area (Å²) in [6.45, 7) is 6.51. The van der Waals surface area contributed by atoms with E-state index >= 15 is 0 Å². The summed E-state index contributed by atoms with van der Waals surface area (Å²) >= 11 is 0. The van der Waals surface area contributed by atoms with E-state index in [1.165, 1.54) is 10.6 Å². The Hall–Kier alpha value is -1.23. The first-order valence-electron chi connectivity index (χ1n) is 6.12. The van der Waals surface area contributed by atoms with Gasteiger partial charge in [0.15, 0.2) is 0 Å². The van der Waals surface area contributed by atoms with Crippen molar-refractivity contribution < 1.29 is 8.42 Å². The normalized spacial score (nSPS) is 18.1. The molecular formula is C13H20N2O2S. The SMILES string of the molecule is CCc1cccc2c1N(S(C)(=O)=O)CC(C)(C)N2. The lowest BCUT2D eigenvalue weighted by molar-refractivity contribution is 0.545. The smallest absolute Gasteiger partial charge is 0.232 e. The van der Waals surface area contributed by atoms with Crippen molar-refractivity contribution in [1.29, 1.82) is 0 Å². The fourth-order valence-corrected chi connectivity index (χ4v) is 3.50. The van der Waals surface area contributed by atoms with Gasteiger partial charge in [0.2, 0.25) is 10.0 Å². The van der Waals surface area contributed by atoms with E-state index in [1.807, 2.05) is 39.0 Å². The van der Waals surface area contributed by atoms with Gasteiger partial charge in [-0.25, -0.2) is 8.42 Å². The topological polar surface area (TPSA) is 49.4 Å². The minimum Gasteiger partial charge on any atom is -0.377 e. The van der Waals surface area contributed by atoms with Crippen molar-refractivity contribution >= 4 is 21.4 Å². The van der Waals surface area contributed by atoms with Crippen LogP contribution in [0.2, 0.25) is 0 Å². The van der Waals surface area contributed by atoms with Crippen LogP contribution in [0.15, 0.2) is 18.2 Å². The lowest BCUT2D eigenvalue weighted by Crippen LogP contribution is -2.50. The molecule has 0 fully saturated rings. The molecule has 0 aliphatic carbocycles. The average Bonchev–Trinajstić information content (AvgIpc) is 2.24. The van der Waals surface area contributed by atoms with Gasteiger partial charge >= 0.3 is 0 Å². The Labute approximate surface area is 109 Å². The van der Waals surface area contributed by atoms with Gasteiger partial charge in [-0.05, 0) is 31.9 Å². The molecule has 0 amide bonds. The van der Waals surface area contributed by atoms with Crippen LogP contribution in [0.5, 0.6) is 0 Å². The summed E-state index contributed by atoms with van der Waals surface area (Å²) in [5, 5.41) is 3.41. The number of para-hydroxylation sites is 1. The molecule has 1 aliphatic rings. The number of rotatable bonds is 2. The number of hydrogen-bond donors (Lipinski definition) is 1. The molecular weight excluding hydrogens is 248 g/mol. The number of hydrogen-bond acceptors (Lipinski definition) is 3. The molecule has 1 aromatic carbocycles. The maximum atomic E-state index is 12.0. The van der Waals surface area contributed by atoms with E-state index in [4.69, 9.17) is 0 Å². The van der Waals surface area contributed by atoms with Gasteiger partial charge in [0, 0.05) is 0 Å². The van der Waals surface area contributed by atoms with Crippen molar-refractivity contribution in [1.82, 2.24) is 0 Å². The van der Waals surface area contributed by atoms with Crippen LogP contribution >= 0.6 is 0 Å². The van der Waals surface area contributed by atoms with Gasteiger partial charge in [0.25, 0.3) is 0 Å². The number of benzene rings is 1. The predicted molar refractivity (Wildman–Crippen MR) is 75.7 cm³/mol. The van der Waals surface area contributed by atoms with Crippen LogP contribution in [0.1, 0.15) is 26.3 Å². The Balaban J connectivity index is 2.66. The second-order valence-corrected chi connectivity index (χ2v) is 7.35. The Kier molecular flexibility index (Phi) is 3.05. The Bertz CT molecular complexity index is 564. The Morgan fingerprint density at radius 1 is 1.39 bits per heavy atom. The van der Waals surface area contributed by atoms with Gasteiger partial charge in [0.1, 0.15) is 0 Å². The van der Waals surface area contributed by atoms with Gasteiger partial charge in [-0.1, -0.05) is 19.1 Å². The van der Waals surface area contributed by atoms with E-state index in [0.717, 1.165) is 23.4 Å². The molecule has 0 saturated heterocycles. The molecule has 0 bridgehead atoms. The highest BCUT2D eigenvalue weighted by Crippen LogP contribution is 2.38. The third kappa shape index (κ3) is 2.32. The number of fused-ring (bicyclic) bond motifs is 1. The molecule has 100 valence electrons. The number of sulfonamides is 1. The number of nitrogens with one attached hydrogen (secondary N) is 1. The van der Waals surface area contributed by atoms with Crippen LogP contribution in [0.3, 0.4) is 0 Å². The highest BCUT2D eigenvalue weighted by atomic mass is 32.2. The molecule has 0 saturated carbocycles.